The van der Waals surface area contributed by atoms with Crippen LogP contribution < -0.4 is 0 Å². The van der Waals surface area contributed by atoms with Gasteiger partial charge in [-0.25, -0.2) is 4.98 Å². The molecule has 0 aromatic carbocycles. The van der Waals surface area contributed by atoms with Crippen molar-refractivity contribution in [2.45, 2.75) is 57.1 Å². The summed E-state index contributed by atoms with van der Waals surface area (Å²) in [5.74, 6) is 0.920. The molecule has 1 aliphatic carbocycles. The van der Waals surface area contributed by atoms with E-state index in [0.29, 0.717) is 16.9 Å². The molecule has 2 atom stereocenters. The van der Waals surface area contributed by atoms with Crippen molar-refractivity contribution < 1.29 is 9.31 Å². The molecule has 0 radical (unpaired) electrons. The minimum atomic E-state index is -0.247. The molecule has 19 heavy (non-hydrogen) atoms. The van der Waals surface area contributed by atoms with E-state index < -0.39 is 0 Å². The van der Waals surface area contributed by atoms with Gasteiger partial charge in [0.05, 0.1) is 11.2 Å². The van der Waals surface area contributed by atoms with Gasteiger partial charge in [0, 0.05) is 12.0 Å². The highest BCUT2D eigenvalue weighted by molar-refractivity contribution is 6.49. The Morgan fingerprint density at radius 2 is 1.84 bits per heavy atom. The van der Waals surface area contributed by atoms with Crippen LogP contribution in [-0.4, -0.2) is 23.3 Å². The summed E-state index contributed by atoms with van der Waals surface area (Å²) < 4.78 is 12.2. The molecule has 0 bridgehead atoms. The highest BCUT2D eigenvalue weighted by Gasteiger charge is 2.59. The van der Waals surface area contributed by atoms with E-state index in [2.05, 4.69) is 32.7 Å². The Labute approximate surface area is 119 Å². The van der Waals surface area contributed by atoms with Crippen LogP contribution in [0.25, 0.3) is 0 Å². The number of nitrogens with zero attached hydrogens (tertiary/aromatic N) is 1. The molecular formula is C14H19BClNO2. The molecule has 5 heteroatoms. The molecule has 3 nitrogen and oxygen atoms in total. The van der Waals surface area contributed by atoms with Crippen LogP contribution >= 0.6 is 11.6 Å². The first-order valence-electron chi connectivity index (χ1n) is 6.77. The number of rotatable bonds is 2. The van der Waals surface area contributed by atoms with Crippen molar-refractivity contribution in [1.82, 2.24) is 4.98 Å². The summed E-state index contributed by atoms with van der Waals surface area (Å²) in [5.41, 5.74) is 0.732. The molecule has 0 N–H and O–H groups in total. The maximum atomic E-state index is 6.09. The van der Waals surface area contributed by atoms with Crippen LogP contribution in [0.3, 0.4) is 0 Å². The summed E-state index contributed by atoms with van der Waals surface area (Å²) >= 11 is 5.81. The fraction of sp³-hybridized carbons (Fsp3) is 0.643. The number of hydrogen-bond acceptors (Lipinski definition) is 3. The number of aromatic nitrogens is 1. The van der Waals surface area contributed by atoms with Gasteiger partial charge in [0.1, 0.15) is 5.15 Å². The average molecular weight is 280 g/mol. The standard InChI is InChI=1S/C14H19BClNO2/c1-13(2)14(3,4)19-15(18-13)11-7-10(11)9-5-6-12(16)17-8-9/h5-6,8,10-11H,7H2,1-4H3/t10-,11+/m1/s1. The van der Waals surface area contributed by atoms with Crippen LogP contribution in [-0.2, 0) is 9.31 Å². The van der Waals surface area contributed by atoms with Crippen molar-refractivity contribution in [3.05, 3.63) is 29.0 Å². The third kappa shape index (κ3) is 2.30. The molecule has 2 aliphatic rings. The maximum absolute atomic E-state index is 6.09. The molecule has 1 saturated heterocycles. The van der Waals surface area contributed by atoms with E-state index in [-0.39, 0.29) is 18.3 Å². The first-order chi connectivity index (χ1) is 8.80. The molecule has 2 heterocycles. The minimum Gasteiger partial charge on any atom is -0.403 e. The number of hydrogen-bond donors (Lipinski definition) is 0. The lowest BCUT2D eigenvalue weighted by atomic mass is 9.80. The van der Waals surface area contributed by atoms with Gasteiger partial charge in [-0.05, 0) is 51.7 Å². The summed E-state index contributed by atoms with van der Waals surface area (Å²) in [5, 5.41) is 0.539. The van der Waals surface area contributed by atoms with Gasteiger partial charge in [0.15, 0.2) is 0 Å². The van der Waals surface area contributed by atoms with Crippen molar-refractivity contribution in [3.8, 4) is 0 Å². The van der Waals surface area contributed by atoms with Crippen molar-refractivity contribution in [1.29, 1.82) is 0 Å². The quantitative estimate of drug-likeness (QED) is 0.611. The van der Waals surface area contributed by atoms with Gasteiger partial charge in [-0.15, -0.1) is 0 Å². The van der Waals surface area contributed by atoms with Crippen molar-refractivity contribution >= 4 is 18.7 Å². The Kier molecular flexibility index (Phi) is 2.97. The van der Waals surface area contributed by atoms with E-state index in [0.717, 1.165) is 6.42 Å². The zero-order valence-corrected chi connectivity index (χ0v) is 12.6. The smallest absolute Gasteiger partial charge is 0.403 e. The predicted octanol–water partition coefficient (Wildman–Crippen LogP) is 3.68. The SMILES string of the molecule is CC1(C)OB([C@H]2C[C@@H]2c2ccc(Cl)nc2)OC1(C)C. The second-order valence-corrected chi connectivity index (χ2v) is 6.93. The van der Waals surface area contributed by atoms with Gasteiger partial charge in [0.25, 0.3) is 0 Å². The van der Waals surface area contributed by atoms with Gasteiger partial charge in [-0.1, -0.05) is 17.7 Å². The lowest BCUT2D eigenvalue weighted by molar-refractivity contribution is 0.00578. The van der Waals surface area contributed by atoms with Gasteiger partial charge in [-0.3, -0.25) is 0 Å². The summed E-state index contributed by atoms with van der Waals surface area (Å²) in [6.45, 7) is 8.37. The molecule has 1 aliphatic heterocycles. The van der Waals surface area contributed by atoms with Crippen LogP contribution in [0.5, 0.6) is 0 Å². The molecule has 1 aromatic rings. The molecule has 3 rings (SSSR count). The van der Waals surface area contributed by atoms with Crippen molar-refractivity contribution in [2.24, 2.45) is 0 Å². The van der Waals surface area contributed by atoms with Crippen LogP contribution in [0.15, 0.2) is 18.3 Å². The Morgan fingerprint density at radius 1 is 1.21 bits per heavy atom. The van der Waals surface area contributed by atoms with E-state index in [4.69, 9.17) is 20.9 Å². The Bertz CT molecular complexity index is 473. The van der Waals surface area contributed by atoms with Crippen LogP contribution in [0, 0.1) is 0 Å². The van der Waals surface area contributed by atoms with Gasteiger partial charge in [0.2, 0.25) is 0 Å². The van der Waals surface area contributed by atoms with Crippen molar-refractivity contribution in [3.63, 3.8) is 0 Å². The lowest BCUT2D eigenvalue weighted by Gasteiger charge is -2.32. The van der Waals surface area contributed by atoms with Crippen molar-refractivity contribution in [2.75, 3.05) is 0 Å². The van der Waals surface area contributed by atoms with Crippen LogP contribution in [0.4, 0.5) is 0 Å². The topological polar surface area (TPSA) is 31.4 Å². The Morgan fingerprint density at radius 3 is 2.37 bits per heavy atom. The molecule has 1 saturated carbocycles. The Hall–Kier alpha value is -0.575. The minimum absolute atomic E-state index is 0.106. The average Bonchev–Trinajstić information content (AvgIpc) is 3.04. The normalized spacial score (nSPS) is 31.5. The van der Waals surface area contributed by atoms with Crippen LogP contribution in [0.2, 0.25) is 11.0 Å². The fourth-order valence-electron chi connectivity index (χ4n) is 2.57. The van der Waals surface area contributed by atoms with E-state index >= 15 is 0 Å². The molecular weight excluding hydrogens is 260 g/mol. The third-order valence-electron chi connectivity index (χ3n) is 4.64. The largest absolute Gasteiger partial charge is 0.461 e. The third-order valence-corrected chi connectivity index (χ3v) is 4.86. The summed E-state index contributed by atoms with van der Waals surface area (Å²) in [7, 11) is -0.106. The van der Waals surface area contributed by atoms with E-state index in [1.165, 1.54) is 5.56 Å². The highest BCUT2D eigenvalue weighted by Crippen LogP contribution is 2.58. The predicted molar refractivity (Wildman–Crippen MR) is 76.4 cm³/mol. The van der Waals surface area contributed by atoms with Gasteiger partial charge in [-0.2, -0.15) is 0 Å². The molecule has 0 spiro atoms. The first-order valence-corrected chi connectivity index (χ1v) is 7.15. The summed E-state index contributed by atoms with van der Waals surface area (Å²) in [6.07, 6.45) is 2.96. The second kappa shape index (κ2) is 4.21. The molecule has 1 aromatic heterocycles. The highest BCUT2D eigenvalue weighted by atomic mass is 35.5. The number of halogens is 1. The zero-order chi connectivity index (χ0) is 13.8. The van der Waals surface area contributed by atoms with Gasteiger partial charge < -0.3 is 9.31 Å². The molecule has 0 unspecified atom stereocenters. The zero-order valence-electron chi connectivity index (χ0n) is 11.8. The lowest BCUT2D eigenvalue weighted by Crippen LogP contribution is -2.41. The Balaban J connectivity index is 1.70. The summed E-state index contributed by atoms with van der Waals surface area (Å²) in [6, 6.07) is 3.89. The van der Waals surface area contributed by atoms with E-state index in [1.54, 1.807) is 0 Å². The van der Waals surface area contributed by atoms with E-state index in [1.807, 2.05) is 18.3 Å². The monoisotopic (exact) mass is 279 g/mol. The van der Waals surface area contributed by atoms with E-state index in [9.17, 15) is 0 Å². The molecule has 0 amide bonds. The van der Waals surface area contributed by atoms with Crippen LogP contribution in [0.1, 0.15) is 45.6 Å². The maximum Gasteiger partial charge on any atom is 0.461 e. The fourth-order valence-corrected chi connectivity index (χ4v) is 2.68. The first kappa shape index (κ1) is 13.4. The second-order valence-electron chi connectivity index (χ2n) is 6.55. The number of pyridine rings is 1. The molecule has 102 valence electrons. The van der Waals surface area contributed by atoms with Gasteiger partial charge >= 0.3 is 7.12 Å². The molecule has 2 fully saturated rings. The summed E-state index contributed by atoms with van der Waals surface area (Å²) in [4.78, 5) is 4.14.